The number of nitrogens with zero attached hydrogens (tertiary/aromatic N) is 2. The number of aromatic hydroxyl groups is 2. The van der Waals surface area contributed by atoms with Crippen molar-refractivity contribution in [2.75, 3.05) is 0 Å². The number of nitro groups is 1. The van der Waals surface area contributed by atoms with Gasteiger partial charge in [0.25, 0.3) is 5.69 Å². The number of benzene rings is 1. The largest absolute Gasteiger partial charge is 0.494 e. The molecule has 0 bridgehead atoms. The molecule has 0 spiro atoms. The first kappa shape index (κ1) is 10.9. The number of rotatable bonds is 2. The van der Waals surface area contributed by atoms with Crippen molar-refractivity contribution in [3.63, 3.8) is 0 Å². The fourth-order valence-electron chi connectivity index (χ4n) is 1.45. The number of nitro benzene ring substituents is 1. The molecule has 0 saturated carbocycles. The normalized spacial score (nSPS) is 10.4. The number of hydrogen-bond acceptors (Lipinski definition) is 4. The first-order valence-electron chi connectivity index (χ1n) is 4.54. The van der Waals surface area contributed by atoms with E-state index < -0.39 is 16.4 Å². The predicted molar refractivity (Wildman–Crippen MR) is 55.7 cm³/mol. The third-order valence-corrected chi connectivity index (χ3v) is 2.22. The van der Waals surface area contributed by atoms with E-state index >= 15 is 0 Å². The van der Waals surface area contributed by atoms with E-state index in [0.29, 0.717) is 6.07 Å². The molecule has 0 fully saturated rings. The summed E-state index contributed by atoms with van der Waals surface area (Å²) in [4.78, 5) is 9.68. The van der Waals surface area contributed by atoms with Gasteiger partial charge in [-0.15, -0.1) is 0 Å². The lowest BCUT2D eigenvalue weighted by Gasteiger charge is -2.07. The highest BCUT2D eigenvalue weighted by molar-refractivity contribution is 5.47. The van der Waals surface area contributed by atoms with Gasteiger partial charge in [-0.05, 0) is 6.07 Å². The van der Waals surface area contributed by atoms with E-state index in [4.69, 9.17) is 0 Å². The Hall–Kier alpha value is -2.57. The molecule has 0 saturated heterocycles. The lowest BCUT2D eigenvalue weighted by molar-refractivity contribution is -0.385. The fraction of sp³-hybridized carbons (Fsp3) is 0. The smallest absolute Gasteiger partial charge is 0.272 e. The molecule has 0 radical (unpaired) electrons. The van der Waals surface area contributed by atoms with Crippen molar-refractivity contribution < 1.29 is 19.5 Å². The number of non-ortho nitro benzene ring substituents is 1. The van der Waals surface area contributed by atoms with E-state index in [9.17, 15) is 24.7 Å². The molecular formula is C10H7FN2O4. The molecule has 88 valence electrons. The van der Waals surface area contributed by atoms with Crippen LogP contribution in [0, 0.1) is 15.9 Å². The van der Waals surface area contributed by atoms with Crippen LogP contribution < -0.4 is 0 Å². The molecule has 7 heteroatoms. The van der Waals surface area contributed by atoms with Crippen molar-refractivity contribution in [1.82, 2.24) is 4.57 Å². The van der Waals surface area contributed by atoms with Crippen LogP contribution in [0.25, 0.3) is 5.69 Å². The van der Waals surface area contributed by atoms with E-state index in [1.165, 1.54) is 12.1 Å². The summed E-state index contributed by atoms with van der Waals surface area (Å²) in [7, 11) is 0. The standard InChI is InChI=1S/C10H7FN2O4/c11-7-5-6(13(16)17)1-2-8(7)12-9(14)3-4-10(12)15/h1-5,14-15H. The van der Waals surface area contributed by atoms with Crippen molar-refractivity contribution in [3.8, 4) is 17.4 Å². The van der Waals surface area contributed by atoms with Crippen LogP contribution in [-0.4, -0.2) is 19.7 Å². The van der Waals surface area contributed by atoms with Gasteiger partial charge in [0.15, 0.2) is 17.6 Å². The third-order valence-electron chi connectivity index (χ3n) is 2.22. The maximum absolute atomic E-state index is 13.6. The van der Waals surface area contributed by atoms with Crippen LogP contribution in [0.1, 0.15) is 0 Å². The summed E-state index contributed by atoms with van der Waals surface area (Å²) in [6.45, 7) is 0. The van der Waals surface area contributed by atoms with E-state index in [2.05, 4.69) is 0 Å². The Morgan fingerprint density at radius 3 is 2.24 bits per heavy atom. The van der Waals surface area contributed by atoms with Gasteiger partial charge in [0.2, 0.25) is 0 Å². The van der Waals surface area contributed by atoms with E-state index in [1.54, 1.807) is 0 Å². The zero-order valence-corrected chi connectivity index (χ0v) is 8.37. The average Bonchev–Trinajstić information content (AvgIpc) is 2.59. The van der Waals surface area contributed by atoms with Crippen molar-refractivity contribution >= 4 is 5.69 Å². The minimum Gasteiger partial charge on any atom is -0.494 e. The molecule has 0 amide bonds. The second kappa shape index (κ2) is 3.78. The van der Waals surface area contributed by atoms with Gasteiger partial charge in [0, 0.05) is 18.2 Å². The van der Waals surface area contributed by atoms with Crippen LogP contribution in [0.5, 0.6) is 11.8 Å². The summed E-state index contributed by atoms with van der Waals surface area (Å²) in [6.07, 6.45) is 0. The SMILES string of the molecule is O=[N+]([O-])c1ccc(-n2c(O)ccc2O)c(F)c1. The summed E-state index contributed by atoms with van der Waals surface area (Å²) in [5, 5.41) is 29.2. The first-order chi connectivity index (χ1) is 8.00. The summed E-state index contributed by atoms with van der Waals surface area (Å²) >= 11 is 0. The van der Waals surface area contributed by atoms with E-state index in [1.807, 2.05) is 0 Å². The van der Waals surface area contributed by atoms with Gasteiger partial charge in [0.1, 0.15) is 0 Å². The number of hydrogen-bond donors (Lipinski definition) is 2. The lowest BCUT2D eigenvalue weighted by atomic mass is 10.2. The van der Waals surface area contributed by atoms with Gasteiger partial charge in [-0.3, -0.25) is 10.1 Å². The molecule has 0 atom stereocenters. The zero-order chi connectivity index (χ0) is 12.6. The molecule has 1 heterocycles. The van der Waals surface area contributed by atoms with Gasteiger partial charge < -0.3 is 10.2 Å². The Balaban J connectivity index is 2.58. The second-order valence-electron chi connectivity index (χ2n) is 3.28. The topological polar surface area (TPSA) is 88.5 Å². The fourth-order valence-corrected chi connectivity index (χ4v) is 1.45. The van der Waals surface area contributed by atoms with Crippen LogP contribution in [-0.2, 0) is 0 Å². The predicted octanol–water partition coefficient (Wildman–Crippen LogP) is 1.94. The summed E-state index contributed by atoms with van der Waals surface area (Å²) in [6, 6.07) is 5.25. The van der Waals surface area contributed by atoms with Gasteiger partial charge in [-0.25, -0.2) is 8.96 Å². The van der Waals surface area contributed by atoms with Gasteiger partial charge >= 0.3 is 0 Å². The van der Waals surface area contributed by atoms with Crippen LogP contribution in [0.2, 0.25) is 0 Å². The maximum atomic E-state index is 13.6. The van der Waals surface area contributed by atoms with E-state index in [-0.39, 0.29) is 17.4 Å². The maximum Gasteiger partial charge on any atom is 0.272 e. The Morgan fingerprint density at radius 1 is 1.18 bits per heavy atom. The van der Waals surface area contributed by atoms with Crippen molar-refractivity contribution in [2.24, 2.45) is 0 Å². The quantitative estimate of drug-likeness (QED) is 0.618. The van der Waals surface area contributed by atoms with Crippen LogP contribution in [0.15, 0.2) is 30.3 Å². The highest BCUT2D eigenvalue weighted by Gasteiger charge is 2.16. The first-order valence-corrected chi connectivity index (χ1v) is 4.54. The summed E-state index contributed by atoms with van der Waals surface area (Å²) in [5.41, 5.74) is -0.576. The Kier molecular flexibility index (Phi) is 2.43. The highest BCUT2D eigenvalue weighted by Crippen LogP contribution is 2.29. The Labute approximate surface area is 94.3 Å². The Morgan fingerprint density at radius 2 is 1.76 bits per heavy atom. The molecule has 1 aromatic carbocycles. The monoisotopic (exact) mass is 238 g/mol. The minimum atomic E-state index is -0.916. The molecule has 17 heavy (non-hydrogen) atoms. The average molecular weight is 238 g/mol. The molecule has 0 unspecified atom stereocenters. The second-order valence-corrected chi connectivity index (χ2v) is 3.28. The molecule has 1 aromatic heterocycles. The van der Waals surface area contributed by atoms with Crippen molar-refractivity contribution in [2.45, 2.75) is 0 Å². The zero-order valence-electron chi connectivity index (χ0n) is 8.37. The molecule has 0 aliphatic carbocycles. The molecular weight excluding hydrogens is 231 g/mol. The van der Waals surface area contributed by atoms with Gasteiger partial charge in [-0.1, -0.05) is 0 Å². The van der Waals surface area contributed by atoms with Crippen molar-refractivity contribution in [3.05, 3.63) is 46.3 Å². The van der Waals surface area contributed by atoms with Crippen LogP contribution in [0.3, 0.4) is 0 Å². The summed E-state index contributed by atoms with van der Waals surface area (Å²) in [5.74, 6) is -1.65. The molecule has 0 aliphatic heterocycles. The van der Waals surface area contributed by atoms with Gasteiger partial charge in [-0.2, -0.15) is 0 Å². The van der Waals surface area contributed by atoms with Crippen LogP contribution in [0.4, 0.5) is 10.1 Å². The Bertz CT molecular complexity index is 574. The number of aromatic nitrogens is 1. The molecule has 2 N–H and O–H groups in total. The molecule has 6 nitrogen and oxygen atoms in total. The number of halogens is 1. The van der Waals surface area contributed by atoms with Gasteiger partial charge in [0.05, 0.1) is 16.7 Å². The minimum absolute atomic E-state index is 0.171. The molecule has 0 aliphatic rings. The molecule has 2 rings (SSSR count). The lowest BCUT2D eigenvalue weighted by Crippen LogP contribution is -1.98. The summed E-state index contributed by atoms with van der Waals surface area (Å²) < 4.78 is 14.4. The van der Waals surface area contributed by atoms with Crippen LogP contribution >= 0.6 is 0 Å². The highest BCUT2D eigenvalue weighted by atomic mass is 19.1. The third kappa shape index (κ3) is 1.78. The molecule has 2 aromatic rings. The van der Waals surface area contributed by atoms with E-state index in [0.717, 1.165) is 16.7 Å². The van der Waals surface area contributed by atoms with Crippen molar-refractivity contribution in [1.29, 1.82) is 0 Å².